The Morgan fingerprint density at radius 3 is 1.68 bits per heavy atom. The maximum Gasteiger partial charge on any atom is 0.138 e. The molecule has 0 amide bonds. The molecule has 1 aliphatic heterocycles. The molecule has 1 N–H and O–H groups in total. The predicted molar refractivity (Wildman–Crippen MR) is 155 cm³/mol. The molecule has 5 rings (SSSR count). The van der Waals surface area contributed by atoms with Crippen LogP contribution in [-0.2, 0) is 45.3 Å². The standard InChI is InChI=1S/C34H37NO5/c1-36-30-19-17-26(18-20-30)21-35-34-33(39-24-29-15-9-4-10-16-29)32(38-23-28-13-7-3-8-14-28)31(40-34)25-37-22-27-11-5-2-6-12-27/h2-20,31-35H,21-25H2,1H3/t31-,32+,33-,34?/m0/s1. The highest BCUT2D eigenvalue weighted by molar-refractivity contribution is 5.27. The second-order valence-corrected chi connectivity index (χ2v) is 9.85. The molecule has 1 unspecified atom stereocenters. The van der Waals surface area contributed by atoms with E-state index >= 15 is 0 Å². The number of hydrogen-bond donors (Lipinski definition) is 1. The van der Waals surface area contributed by atoms with Crippen molar-refractivity contribution in [1.82, 2.24) is 5.32 Å². The van der Waals surface area contributed by atoms with Crippen LogP contribution in [0.3, 0.4) is 0 Å². The maximum absolute atomic E-state index is 6.56. The van der Waals surface area contributed by atoms with Gasteiger partial charge in [0.2, 0.25) is 0 Å². The zero-order valence-corrected chi connectivity index (χ0v) is 22.9. The first-order valence-electron chi connectivity index (χ1n) is 13.7. The van der Waals surface area contributed by atoms with E-state index < -0.39 is 0 Å². The molecule has 0 saturated carbocycles. The van der Waals surface area contributed by atoms with E-state index in [4.69, 9.17) is 23.7 Å². The van der Waals surface area contributed by atoms with E-state index in [2.05, 4.69) is 41.7 Å². The van der Waals surface area contributed by atoms with Gasteiger partial charge in [-0.25, -0.2) is 0 Å². The molecule has 4 aromatic rings. The average molecular weight is 540 g/mol. The SMILES string of the molecule is COc1ccc(CNC2O[C@@H](COCc3ccccc3)[C@@H](OCc3ccccc3)[C@@H]2OCc2ccccc2)cc1. The Hall–Kier alpha value is -3.52. The summed E-state index contributed by atoms with van der Waals surface area (Å²) in [7, 11) is 1.67. The largest absolute Gasteiger partial charge is 0.497 e. The molecule has 1 saturated heterocycles. The third-order valence-corrected chi connectivity index (χ3v) is 6.94. The van der Waals surface area contributed by atoms with Gasteiger partial charge in [-0.3, -0.25) is 5.32 Å². The molecule has 0 aromatic heterocycles. The van der Waals surface area contributed by atoms with Gasteiger partial charge in [0.1, 0.15) is 30.3 Å². The Morgan fingerprint density at radius 1 is 0.600 bits per heavy atom. The van der Waals surface area contributed by atoms with Gasteiger partial charge in [0.25, 0.3) is 0 Å². The Balaban J connectivity index is 1.31. The number of rotatable bonds is 14. The van der Waals surface area contributed by atoms with Crippen molar-refractivity contribution in [2.24, 2.45) is 0 Å². The van der Waals surface area contributed by atoms with Crippen LogP contribution in [0.5, 0.6) is 5.75 Å². The summed E-state index contributed by atoms with van der Waals surface area (Å²) < 4.78 is 31.1. The summed E-state index contributed by atoms with van der Waals surface area (Å²) in [6.45, 7) is 2.42. The van der Waals surface area contributed by atoms with Gasteiger partial charge >= 0.3 is 0 Å². The van der Waals surface area contributed by atoms with Crippen LogP contribution in [0, 0.1) is 0 Å². The van der Waals surface area contributed by atoms with Crippen molar-refractivity contribution >= 4 is 0 Å². The first-order valence-corrected chi connectivity index (χ1v) is 13.7. The van der Waals surface area contributed by atoms with Crippen molar-refractivity contribution in [3.63, 3.8) is 0 Å². The molecule has 1 aliphatic rings. The highest BCUT2D eigenvalue weighted by Gasteiger charge is 2.46. The minimum atomic E-state index is -0.378. The molecular weight excluding hydrogens is 502 g/mol. The summed E-state index contributed by atoms with van der Waals surface area (Å²) in [5.41, 5.74) is 4.44. The Labute approximate surface area is 236 Å². The van der Waals surface area contributed by atoms with E-state index in [-0.39, 0.29) is 24.5 Å². The van der Waals surface area contributed by atoms with Gasteiger partial charge < -0.3 is 23.7 Å². The zero-order valence-electron chi connectivity index (χ0n) is 22.9. The number of benzene rings is 4. The second kappa shape index (κ2) is 14.7. The molecule has 0 aliphatic carbocycles. The van der Waals surface area contributed by atoms with Crippen LogP contribution in [0.1, 0.15) is 22.3 Å². The van der Waals surface area contributed by atoms with Gasteiger partial charge in [0.15, 0.2) is 0 Å². The van der Waals surface area contributed by atoms with Crippen molar-refractivity contribution in [1.29, 1.82) is 0 Å². The molecule has 6 nitrogen and oxygen atoms in total. The predicted octanol–water partition coefficient (Wildman–Crippen LogP) is 5.90. The molecule has 1 heterocycles. The third-order valence-electron chi connectivity index (χ3n) is 6.94. The smallest absolute Gasteiger partial charge is 0.138 e. The molecule has 6 heteroatoms. The number of nitrogens with one attached hydrogen (secondary N) is 1. The van der Waals surface area contributed by atoms with Crippen LogP contribution in [-0.4, -0.2) is 38.3 Å². The highest BCUT2D eigenvalue weighted by atomic mass is 16.6. The third kappa shape index (κ3) is 8.01. The van der Waals surface area contributed by atoms with Gasteiger partial charge in [-0.05, 0) is 34.4 Å². The molecule has 0 radical (unpaired) electrons. The molecule has 1 fully saturated rings. The fourth-order valence-electron chi connectivity index (χ4n) is 4.77. The van der Waals surface area contributed by atoms with Crippen molar-refractivity contribution < 1.29 is 23.7 Å². The number of hydrogen-bond acceptors (Lipinski definition) is 6. The summed E-state index contributed by atoms with van der Waals surface area (Å²) in [5.74, 6) is 0.829. The number of ether oxygens (including phenoxy) is 5. The molecule has 40 heavy (non-hydrogen) atoms. The minimum Gasteiger partial charge on any atom is -0.497 e. The van der Waals surface area contributed by atoms with E-state index in [0.29, 0.717) is 33.0 Å². The fourth-order valence-corrected chi connectivity index (χ4v) is 4.77. The second-order valence-electron chi connectivity index (χ2n) is 9.85. The lowest BCUT2D eigenvalue weighted by atomic mass is 10.1. The van der Waals surface area contributed by atoms with Crippen LogP contribution in [0.15, 0.2) is 115 Å². The van der Waals surface area contributed by atoms with Crippen LogP contribution >= 0.6 is 0 Å². The van der Waals surface area contributed by atoms with E-state index in [0.717, 1.165) is 28.0 Å². The Bertz CT molecular complexity index is 1250. The van der Waals surface area contributed by atoms with Crippen LogP contribution in [0.2, 0.25) is 0 Å². The Morgan fingerprint density at radius 2 is 1.12 bits per heavy atom. The van der Waals surface area contributed by atoms with E-state index in [1.807, 2.05) is 78.9 Å². The normalized spacial score (nSPS) is 20.4. The Kier molecular flexibility index (Phi) is 10.3. The van der Waals surface area contributed by atoms with Crippen LogP contribution < -0.4 is 10.1 Å². The molecular formula is C34H37NO5. The minimum absolute atomic E-state index is 0.304. The summed E-state index contributed by atoms with van der Waals surface area (Å²) >= 11 is 0. The first-order chi connectivity index (χ1) is 19.8. The van der Waals surface area contributed by atoms with E-state index in [1.54, 1.807) is 7.11 Å². The summed E-state index contributed by atoms with van der Waals surface area (Å²) in [4.78, 5) is 0. The lowest BCUT2D eigenvalue weighted by molar-refractivity contribution is -0.0900. The molecule has 0 bridgehead atoms. The van der Waals surface area contributed by atoms with Crippen molar-refractivity contribution in [3.8, 4) is 5.75 Å². The zero-order chi connectivity index (χ0) is 27.4. The summed E-state index contributed by atoms with van der Waals surface area (Å²) in [6.07, 6.45) is -1.35. The van der Waals surface area contributed by atoms with E-state index in [1.165, 1.54) is 0 Å². The van der Waals surface area contributed by atoms with Crippen molar-refractivity contribution in [2.75, 3.05) is 13.7 Å². The maximum atomic E-state index is 6.56. The van der Waals surface area contributed by atoms with Gasteiger partial charge in [0, 0.05) is 6.54 Å². The van der Waals surface area contributed by atoms with Crippen molar-refractivity contribution in [2.45, 2.75) is 50.9 Å². The highest BCUT2D eigenvalue weighted by Crippen LogP contribution is 2.28. The lowest BCUT2D eigenvalue weighted by Gasteiger charge is -2.25. The van der Waals surface area contributed by atoms with Gasteiger partial charge in [-0.15, -0.1) is 0 Å². The van der Waals surface area contributed by atoms with Gasteiger partial charge in [0.05, 0.1) is 33.5 Å². The van der Waals surface area contributed by atoms with Crippen LogP contribution in [0.25, 0.3) is 0 Å². The van der Waals surface area contributed by atoms with Gasteiger partial charge in [-0.2, -0.15) is 0 Å². The monoisotopic (exact) mass is 539 g/mol. The molecule has 4 aromatic carbocycles. The summed E-state index contributed by atoms with van der Waals surface area (Å²) in [5, 5.41) is 3.56. The lowest BCUT2D eigenvalue weighted by Crippen LogP contribution is -2.43. The topological polar surface area (TPSA) is 58.2 Å². The fraction of sp³-hybridized carbons (Fsp3) is 0.294. The van der Waals surface area contributed by atoms with Crippen molar-refractivity contribution in [3.05, 3.63) is 138 Å². The van der Waals surface area contributed by atoms with Crippen LogP contribution in [0.4, 0.5) is 0 Å². The molecule has 0 spiro atoms. The average Bonchev–Trinajstić information content (AvgIpc) is 3.35. The van der Waals surface area contributed by atoms with Gasteiger partial charge in [-0.1, -0.05) is 103 Å². The molecule has 208 valence electrons. The van der Waals surface area contributed by atoms with E-state index in [9.17, 15) is 0 Å². The molecule has 4 atom stereocenters. The first kappa shape index (κ1) is 28.0. The number of methoxy groups -OCH3 is 1. The quantitative estimate of drug-likeness (QED) is 0.215. The summed E-state index contributed by atoms with van der Waals surface area (Å²) in [6, 6.07) is 38.5.